The van der Waals surface area contributed by atoms with Crippen molar-refractivity contribution >= 4 is 80.5 Å². The SMILES string of the molecule is O=C(Oc1c(Br)cc2cc(Br)ccc2c1Br)[C@@H](Br)c1ccc(-c2ccccc2)cc1. The van der Waals surface area contributed by atoms with Crippen LogP contribution in [0.1, 0.15) is 10.4 Å². The number of hydrogen-bond acceptors (Lipinski definition) is 2. The Morgan fingerprint density at radius 3 is 2.17 bits per heavy atom. The highest BCUT2D eigenvalue weighted by Gasteiger charge is 2.23. The Kier molecular flexibility index (Phi) is 6.78. The Hall–Kier alpha value is -1.47. The number of ether oxygens (including phenoxy) is 1. The van der Waals surface area contributed by atoms with Crippen LogP contribution in [0.2, 0.25) is 0 Å². The quantitative estimate of drug-likeness (QED) is 0.125. The molecule has 1 atom stereocenters. The van der Waals surface area contributed by atoms with Crippen LogP contribution in [-0.4, -0.2) is 5.97 Å². The molecule has 0 aliphatic heterocycles. The Labute approximate surface area is 208 Å². The van der Waals surface area contributed by atoms with Gasteiger partial charge in [0.1, 0.15) is 4.83 Å². The Balaban J connectivity index is 1.57. The average Bonchev–Trinajstić information content (AvgIpc) is 2.76. The number of esters is 1. The van der Waals surface area contributed by atoms with Gasteiger partial charge in [-0.3, -0.25) is 4.79 Å². The van der Waals surface area contributed by atoms with Crippen molar-refractivity contribution in [3.63, 3.8) is 0 Å². The summed E-state index contributed by atoms with van der Waals surface area (Å²) in [6.07, 6.45) is 0. The molecule has 4 aromatic rings. The Morgan fingerprint density at radius 1 is 0.800 bits per heavy atom. The molecule has 0 bridgehead atoms. The molecule has 0 aliphatic rings. The van der Waals surface area contributed by atoms with Gasteiger partial charge in [0.25, 0.3) is 0 Å². The summed E-state index contributed by atoms with van der Waals surface area (Å²) in [6, 6.07) is 25.9. The molecule has 0 unspecified atom stereocenters. The van der Waals surface area contributed by atoms with Gasteiger partial charge in [0.05, 0.1) is 8.95 Å². The van der Waals surface area contributed by atoms with Crippen LogP contribution < -0.4 is 4.74 Å². The molecule has 0 heterocycles. The van der Waals surface area contributed by atoms with Crippen molar-refractivity contribution in [2.24, 2.45) is 0 Å². The molecule has 0 spiro atoms. The van der Waals surface area contributed by atoms with Crippen molar-refractivity contribution in [1.29, 1.82) is 0 Å². The highest BCUT2D eigenvalue weighted by Crippen LogP contribution is 2.41. The van der Waals surface area contributed by atoms with E-state index in [1.807, 2.05) is 66.7 Å². The molecule has 0 saturated heterocycles. The van der Waals surface area contributed by atoms with Crippen LogP contribution in [0.5, 0.6) is 5.75 Å². The average molecular weight is 654 g/mol. The highest BCUT2D eigenvalue weighted by atomic mass is 79.9. The summed E-state index contributed by atoms with van der Waals surface area (Å²) in [4.78, 5) is 12.3. The predicted molar refractivity (Wildman–Crippen MR) is 136 cm³/mol. The first-order valence-corrected chi connectivity index (χ1v) is 12.3. The van der Waals surface area contributed by atoms with Gasteiger partial charge >= 0.3 is 5.97 Å². The van der Waals surface area contributed by atoms with Gasteiger partial charge < -0.3 is 4.74 Å². The van der Waals surface area contributed by atoms with E-state index in [0.717, 1.165) is 36.4 Å². The first-order valence-electron chi connectivity index (χ1n) is 9.02. The fourth-order valence-corrected chi connectivity index (χ4v) is 5.36. The van der Waals surface area contributed by atoms with Gasteiger partial charge in [0.15, 0.2) is 5.75 Å². The van der Waals surface area contributed by atoms with E-state index < -0.39 is 4.83 Å². The van der Waals surface area contributed by atoms with E-state index in [2.05, 4.69) is 75.9 Å². The second kappa shape index (κ2) is 9.35. The van der Waals surface area contributed by atoms with Crippen LogP contribution >= 0.6 is 63.7 Å². The van der Waals surface area contributed by atoms with Crippen molar-refractivity contribution in [2.75, 3.05) is 0 Å². The number of fused-ring (bicyclic) bond motifs is 1. The maximum atomic E-state index is 12.8. The fourth-order valence-electron chi connectivity index (χ4n) is 3.14. The van der Waals surface area contributed by atoms with Crippen LogP contribution in [0.4, 0.5) is 0 Å². The lowest BCUT2D eigenvalue weighted by Crippen LogP contribution is -2.14. The minimum Gasteiger partial charge on any atom is -0.423 e. The lowest BCUT2D eigenvalue weighted by Gasteiger charge is -2.15. The molecule has 0 radical (unpaired) electrons. The smallest absolute Gasteiger partial charge is 0.329 e. The number of hydrogen-bond donors (Lipinski definition) is 0. The van der Waals surface area contributed by atoms with Crippen LogP contribution in [-0.2, 0) is 4.79 Å². The molecule has 4 aromatic carbocycles. The summed E-state index contributed by atoms with van der Waals surface area (Å²) in [5.74, 6) is 0.0699. The van der Waals surface area contributed by atoms with E-state index in [1.54, 1.807) is 0 Å². The molecule has 0 N–H and O–H groups in total. The normalized spacial score (nSPS) is 12.0. The Morgan fingerprint density at radius 2 is 1.47 bits per heavy atom. The van der Waals surface area contributed by atoms with Gasteiger partial charge in [-0.05, 0) is 77.5 Å². The largest absolute Gasteiger partial charge is 0.423 e. The maximum absolute atomic E-state index is 12.8. The summed E-state index contributed by atoms with van der Waals surface area (Å²) < 4.78 is 8.17. The van der Waals surface area contributed by atoms with Crippen molar-refractivity contribution in [2.45, 2.75) is 4.83 Å². The molecule has 0 fully saturated rings. The zero-order chi connectivity index (χ0) is 21.3. The third-order valence-electron chi connectivity index (χ3n) is 4.67. The molecule has 0 saturated carbocycles. The molecule has 0 aromatic heterocycles. The number of benzene rings is 4. The minimum absolute atomic E-state index is 0.389. The lowest BCUT2D eigenvalue weighted by atomic mass is 10.0. The Bertz CT molecular complexity index is 1220. The zero-order valence-electron chi connectivity index (χ0n) is 15.4. The first-order chi connectivity index (χ1) is 14.4. The van der Waals surface area contributed by atoms with Gasteiger partial charge in [0.2, 0.25) is 0 Å². The molecule has 6 heteroatoms. The lowest BCUT2D eigenvalue weighted by molar-refractivity contribution is -0.133. The molecular weight excluding hydrogens is 640 g/mol. The maximum Gasteiger partial charge on any atom is 0.329 e. The van der Waals surface area contributed by atoms with E-state index in [-0.39, 0.29) is 5.97 Å². The highest BCUT2D eigenvalue weighted by molar-refractivity contribution is 9.11. The third-order valence-corrected chi connectivity index (χ3v) is 7.44. The summed E-state index contributed by atoms with van der Waals surface area (Å²) in [6.45, 7) is 0. The van der Waals surface area contributed by atoms with Gasteiger partial charge in [-0.15, -0.1) is 0 Å². The van der Waals surface area contributed by atoms with Crippen molar-refractivity contribution < 1.29 is 9.53 Å². The van der Waals surface area contributed by atoms with Gasteiger partial charge in [-0.25, -0.2) is 0 Å². The standard InChI is InChI=1S/C24H14Br4O2/c25-18-10-11-19-17(12-18)13-20(26)23(22(19)28)30-24(29)21(27)16-8-6-15(7-9-16)14-4-2-1-3-5-14/h1-13,21H/t21-/m0/s1. The second-order valence-corrected chi connectivity index (χ2v) is 10.1. The van der Waals surface area contributed by atoms with E-state index in [4.69, 9.17) is 4.74 Å². The summed E-state index contributed by atoms with van der Waals surface area (Å²) >= 11 is 14.1. The second-order valence-electron chi connectivity index (χ2n) is 6.64. The minimum atomic E-state index is -0.582. The third kappa shape index (κ3) is 4.57. The van der Waals surface area contributed by atoms with Crippen molar-refractivity contribution in [3.05, 3.63) is 97.8 Å². The number of halogens is 4. The monoisotopic (exact) mass is 650 g/mol. The van der Waals surface area contributed by atoms with Crippen LogP contribution in [0.3, 0.4) is 0 Å². The van der Waals surface area contributed by atoms with Gasteiger partial charge in [-0.2, -0.15) is 0 Å². The summed E-state index contributed by atoms with van der Waals surface area (Å²) in [7, 11) is 0. The summed E-state index contributed by atoms with van der Waals surface area (Å²) in [5.41, 5.74) is 3.06. The first kappa shape index (κ1) is 21.8. The van der Waals surface area contributed by atoms with E-state index in [9.17, 15) is 4.79 Å². The molecule has 0 aliphatic carbocycles. The van der Waals surface area contributed by atoms with E-state index >= 15 is 0 Å². The number of carbonyl (C=O) groups excluding carboxylic acids is 1. The molecule has 150 valence electrons. The van der Waals surface area contributed by atoms with Crippen LogP contribution in [0.15, 0.2) is 92.3 Å². The zero-order valence-corrected chi connectivity index (χ0v) is 21.8. The molecular formula is C24H14Br4O2. The number of rotatable bonds is 4. The van der Waals surface area contributed by atoms with E-state index in [0.29, 0.717) is 10.2 Å². The van der Waals surface area contributed by atoms with Crippen LogP contribution in [0, 0.1) is 0 Å². The van der Waals surface area contributed by atoms with Crippen molar-refractivity contribution in [1.82, 2.24) is 0 Å². The van der Waals surface area contributed by atoms with Crippen LogP contribution in [0.25, 0.3) is 21.9 Å². The predicted octanol–water partition coefficient (Wildman–Crippen LogP) is 8.84. The topological polar surface area (TPSA) is 26.3 Å². The van der Waals surface area contributed by atoms with Gasteiger partial charge in [0, 0.05) is 4.47 Å². The van der Waals surface area contributed by atoms with Crippen molar-refractivity contribution in [3.8, 4) is 16.9 Å². The fraction of sp³-hybridized carbons (Fsp3) is 0.0417. The molecule has 0 amide bonds. The number of alkyl halides is 1. The molecule has 2 nitrogen and oxygen atoms in total. The van der Waals surface area contributed by atoms with E-state index in [1.165, 1.54) is 0 Å². The molecule has 4 rings (SSSR count). The summed E-state index contributed by atoms with van der Waals surface area (Å²) in [5, 5.41) is 1.98. The van der Waals surface area contributed by atoms with Gasteiger partial charge in [-0.1, -0.05) is 92.5 Å². The molecule has 30 heavy (non-hydrogen) atoms. The number of carbonyl (C=O) groups is 1.